The lowest BCUT2D eigenvalue weighted by atomic mass is 10.2. The van der Waals surface area contributed by atoms with Gasteiger partial charge < -0.3 is 4.90 Å². The van der Waals surface area contributed by atoms with Crippen LogP contribution in [0.5, 0.6) is 0 Å². The topological polar surface area (TPSA) is 66.5 Å². The first-order chi connectivity index (χ1) is 10.6. The lowest BCUT2D eigenvalue weighted by molar-refractivity contribution is -0.117. The van der Waals surface area contributed by atoms with Crippen LogP contribution >= 0.6 is 0 Å². The number of rotatable bonds is 4. The van der Waals surface area contributed by atoms with Crippen molar-refractivity contribution in [1.29, 1.82) is 0 Å². The Balaban J connectivity index is 1.95. The molecule has 1 aliphatic heterocycles. The first-order valence-electron chi connectivity index (χ1n) is 7.05. The SMILES string of the molecule is O=C1CCCN1c1ccccc1NS(=O)(=O)c1ccccc1. The summed E-state index contributed by atoms with van der Waals surface area (Å²) in [5, 5.41) is 0. The second-order valence-electron chi connectivity index (χ2n) is 5.08. The van der Waals surface area contributed by atoms with E-state index in [1.165, 1.54) is 12.1 Å². The molecule has 1 N–H and O–H groups in total. The van der Waals surface area contributed by atoms with E-state index in [2.05, 4.69) is 4.72 Å². The molecule has 0 spiro atoms. The number of hydrogen-bond donors (Lipinski definition) is 1. The summed E-state index contributed by atoms with van der Waals surface area (Å²) in [6, 6.07) is 15.1. The maximum Gasteiger partial charge on any atom is 0.261 e. The molecule has 5 nitrogen and oxygen atoms in total. The van der Waals surface area contributed by atoms with Crippen molar-refractivity contribution >= 4 is 27.3 Å². The first kappa shape index (κ1) is 14.6. The van der Waals surface area contributed by atoms with Gasteiger partial charge in [0.2, 0.25) is 5.91 Å². The van der Waals surface area contributed by atoms with Crippen LogP contribution in [-0.2, 0) is 14.8 Å². The summed E-state index contributed by atoms with van der Waals surface area (Å²) in [4.78, 5) is 13.7. The molecule has 1 fully saturated rings. The van der Waals surface area contributed by atoms with Gasteiger partial charge in [0.25, 0.3) is 10.0 Å². The van der Waals surface area contributed by atoms with E-state index in [4.69, 9.17) is 0 Å². The third-order valence-electron chi connectivity index (χ3n) is 3.57. The quantitative estimate of drug-likeness (QED) is 0.943. The van der Waals surface area contributed by atoms with Gasteiger partial charge in [-0.3, -0.25) is 9.52 Å². The second-order valence-corrected chi connectivity index (χ2v) is 6.77. The summed E-state index contributed by atoms with van der Waals surface area (Å²) >= 11 is 0. The zero-order chi connectivity index (χ0) is 15.6. The maximum atomic E-state index is 12.4. The lowest BCUT2D eigenvalue weighted by Gasteiger charge is -2.20. The van der Waals surface area contributed by atoms with Gasteiger partial charge in [0, 0.05) is 13.0 Å². The van der Waals surface area contributed by atoms with E-state index >= 15 is 0 Å². The molecule has 2 aromatic rings. The highest BCUT2D eigenvalue weighted by atomic mass is 32.2. The van der Waals surface area contributed by atoms with Gasteiger partial charge in [-0.05, 0) is 30.7 Å². The van der Waals surface area contributed by atoms with Crippen molar-refractivity contribution in [1.82, 2.24) is 0 Å². The van der Waals surface area contributed by atoms with Gasteiger partial charge in [-0.2, -0.15) is 0 Å². The van der Waals surface area contributed by atoms with Crippen LogP contribution in [0.4, 0.5) is 11.4 Å². The van der Waals surface area contributed by atoms with E-state index in [1.54, 1.807) is 47.4 Å². The molecule has 2 aromatic carbocycles. The van der Waals surface area contributed by atoms with Crippen molar-refractivity contribution in [3.8, 4) is 0 Å². The molecule has 1 amide bonds. The summed E-state index contributed by atoms with van der Waals surface area (Å²) in [6.07, 6.45) is 1.29. The summed E-state index contributed by atoms with van der Waals surface area (Å²) in [6.45, 7) is 0.614. The molecule has 1 heterocycles. The fourth-order valence-corrected chi connectivity index (χ4v) is 3.60. The monoisotopic (exact) mass is 316 g/mol. The van der Waals surface area contributed by atoms with E-state index in [9.17, 15) is 13.2 Å². The summed E-state index contributed by atoms with van der Waals surface area (Å²) < 4.78 is 27.5. The predicted octanol–water partition coefficient (Wildman–Crippen LogP) is 2.61. The zero-order valence-corrected chi connectivity index (χ0v) is 12.7. The van der Waals surface area contributed by atoms with E-state index in [0.717, 1.165) is 6.42 Å². The Hall–Kier alpha value is -2.34. The van der Waals surface area contributed by atoms with Crippen molar-refractivity contribution in [2.75, 3.05) is 16.2 Å². The van der Waals surface area contributed by atoms with Gasteiger partial charge in [-0.25, -0.2) is 8.42 Å². The average molecular weight is 316 g/mol. The molecular weight excluding hydrogens is 300 g/mol. The fourth-order valence-electron chi connectivity index (χ4n) is 2.50. The fraction of sp³-hybridized carbons (Fsp3) is 0.188. The molecule has 114 valence electrons. The highest BCUT2D eigenvalue weighted by Gasteiger charge is 2.25. The van der Waals surface area contributed by atoms with Gasteiger partial charge in [0.15, 0.2) is 0 Å². The molecule has 22 heavy (non-hydrogen) atoms. The molecule has 1 aliphatic rings. The van der Waals surface area contributed by atoms with Crippen molar-refractivity contribution in [3.63, 3.8) is 0 Å². The molecule has 6 heteroatoms. The van der Waals surface area contributed by atoms with Gasteiger partial charge in [0.1, 0.15) is 0 Å². The molecule has 0 unspecified atom stereocenters. The number of anilines is 2. The van der Waals surface area contributed by atoms with Gasteiger partial charge in [0.05, 0.1) is 16.3 Å². The number of sulfonamides is 1. The van der Waals surface area contributed by atoms with Crippen LogP contribution in [0.2, 0.25) is 0 Å². The molecule has 1 saturated heterocycles. The molecule has 0 saturated carbocycles. The molecule has 0 atom stereocenters. The van der Waals surface area contributed by atoms with E-state index < -0.39 is 10.0 Å². The van der Waals surface area contributed by atoms with Crippen LogP contribution in [0.1, 0.15) is 12.8 Å². The van der Waals surface area contributed by atoms with E-state index in [1.807, 2.05) is 0 Å². The standard InChI is InChI=1S/C16H16N2O3S/c19-16-11-6-12-18(16)15-10-5-4-9-14(15)17-22(20,21)13-7-2-1-3-8-13/h1-5,7-10,17H,6,11-12H2. The largest absolute Gasteiger partial charge is 0.310 e. The van der Waals surface area contributed by atoms with Crippen LogP contribution in [-0.4, -0.2) is 20.9 Å². The van der Waals surface area contributed by atoms with Gasteiger partial charge in [-0.15, -0.1) is 0 Å². The van der Waals surface area contributed by atoms with Crippen LogP contribution < -0.4 is 9.62 Å². The van der Waals surface area contributed by atoms with E-state index in [0.29, 0.717) is 24.3 Å². The Kier molecular flexibility index (Phi) is 3.85. The van der Waals surface area contributed by atoms with Crippen LogP contribution in [0, 0.1) is 0 Å². The predicted molar refractivity (Wildman–Crippen MR) is 85.3 cm³/mol. The molecule has 3 rings (SSSR count). The zero-order valence-electron chi connectivity index (χ0n) is 11.9. The second kappa shape index (κ2) is 5.81. The molecule has 0 bridgehead atoms. The Labute approximate surface area is 129 Å². The van der Waals surface area contributed by atoms with Crippen molar-refractivity contribution in [2.45, 2.75) is 17.7 Å². The lowest BCUT2D eigenvalue weighted by Crippen LogP contribution is -2.25. The minimum absolute atomic E-state index is 0.0198. The van der Waals surface area contributed by atoms with Gasteiger partial charge >= 0.3 is 0 Å². The van der Waals surface area contributed by atoms with Crippen molar-refractivity contribution in [3.05, 3.63) is 54.6 Å². The minimum Gasteiger partial charge on any atom is -0.310 e. The summed E-state index contributed by atoms with van der Waals surface area (Å²) in [5.74, 6) is 0.0198. The normalized spacial score (nSPS) is 15.1. The van der Waals surface area contributed by atoms with Crippen molar-refractivity contribution in [2.24, 2.45) is 0 Å². The van der Waals surface area contributed by atoms with Crippen LogP contribution in [0.15, 0.2) is 59.5 Å². The van der Waals surface area contributed by atoms with E-state index in [-0.39, 0.29) is 10.8 Å². The Morgan fingerprint density at radius 2 is 1.64 bits per heavy atom. The van der Waals surface area contributed by atoms with Crippen molar-refractivity contribution < 1.29 is 13.2 Å². The van der Waals surface area contributed by atoms with Crippen LogP contribution in [0.3, 0.4) is 0 Å². The number of para-hydroxylation sites is 2. The summed E-state index contributed by atoms with van der Waals surface area (Å²) in [7, 11) is -3.67. The number of carbonyl (C=O) groups is 1. The molecule has 0 radical (unpaired) electrons. The highest BCUT2D eigenvalue weighted by Crippen LogP contribution is 2.30. The molecule has 0 aliphatic carbocycles. The third kappa shape index (κ3) is 2.82. The number of benzene rings is 2. The average Bonchev–Trinajstić information content (AvgIpc) is 2.94. The Morgan fingerprint density at radius 3 is 2.32 bits per heavy atom. The number of carbonyl (C=O) groups excluding carboxylic acids is 1. The Morgan fingerprint density at radius 1 is 0.955 bits per heavy atom. The summed E-state index contributed by atoms with van der Waals surface area (Å²) in [5.41, 5.74) is 1.02. The maximum absolute atomic E-state index is 12.4. The van der Waals surface area contributed by atoms with Crippen LogP contribution in [0.25, 0.3) is 0 Å². The third-order valence-corrected chi connectivity index (χ3v) is 4.95. The molecule has 0 aromatic heterocycles. The number of amides is 1. The molecular formula is C16H16N2O3S. The van der Waals surface area contributed by atoms with Gasteiger partial charge in [-0.1, -0.05) is 30.3 Å². The highest BCUT2D eigenvalue weighted by molar-refractivity contribution is 7.92. The number of nitrogens with one attached hydrogen (secondary N) is 1. The Bertz CT molecular complexity index is 788. The smallest absolute Gasteiger partial charge is 0.261 e. The number of hydrogen-bond acceptors (Lipinski definition) is 3. The first-order valence-corrected chi connectivity index (χ1v) is 8.53. The number of nitrogens with zero attached hydrogens (tertiary/aromatic N) is 1. The minimum atomic E-state index is -3.67.